The molecule has 2 atom stereocenters. The van der Waals surface area contributed by atoms with Crippen LogP contribution in [0.4, 0.5) is 5.69 Å². The summed E-state index contributed by atoms with van der Waals surface area (Å²) in [6, 6.07) is 4.72. The molecule has 2 aliphatic carbocycles. The summed E-state index contributed by atoms with van der Waals surface area (Å²) in [5, 5.41) is 13.7. The van der Waals surface area contributed by atoms with Crippen LogP contribution in [0.15, 0.2) is 12.1 Å². The Morgan fingerprint density at radius 1 is 1.05 bits per heavy atom. The van der Waals surface area contributed by atoms with E-state index in [0.29, 0.717) is 11.8 Å². The molecule has 2 unspecified atom stereocenters. The Hall–Kier alpha value is -1.18. The molecule has 2 saturated carbocycles. The highest BCUT2D eigenvalue weighted by Crippen LogP contribution is 2.44. The van der Waals surface area contributed by atoms with Gasteiger partial charge in [-0.15, -0.1) is 0 Å². The molecule has 0 spiro atoms. The van der Waals surface area contributed by atoms with Crippen LogP contribution in [0.5, 0.6) is 5.75 Å². The zero-order valence-electron chi connectivity index (χ0n) is 12.1. The minimum absolute atomic E-state index is 0.444. The number of aryl methyl sites for hydroxylation is 1. The summed E-state index contributed by atoms with van der Waals surface area (Å²) < 4.78 is 0. The highest BCUT2D eigenvalue weighted by molar-refractivity contribution is 5.59. The largest absolute Gasteiger partial charge is 0.507 e. The van der Waals surface area contributed by atoms with Crippen LogP contribution < -0.4 is 5.32 Å². The Morgan fingerprint density at radius 2 is 1.84 bits per heavy atom. The van der Waals surface area contributed by atoms with Crippen molar-refractivity contribution in [2.24, 2.45) is 11.8 Å². The van der Waals surface area contributed by atoms with Crippen molar-refractivity contribution in [3.63, 3.8) is 0 Å². The maximum atomic E-state index is 10.0. The Labute approximate surface area is 116 Å². The predicted octanol–water partition coefficient (Wildman–Crippen LogP) is 4.39. The lowest BCUT2D eigenvalue weighted by molar-refractivity contribution is 0.303. The second-order valence-corrected chi connectivity index (χ2v) is 6.51. The van der Waals surface area contributed by atoms with E-state index in [0.717, 1.165) is 28.7 Å². The topological polar surface area (TPSA) is 32.3 Å². The number of phenols is 1. The van der Waals surface area contributed by atoms with Crippen LogP contribution in [-0.2, 0) is 0 Å². The van der Waals surface area contributed by atoms with E-state index in [2.05, 4.69) is 11.4 Å². The first-order chi connectivity index (χ1) is 9.15. The summed E-state index contributed by atoms with van der Waals surface area (Å²) >= 11 is 0. The molecule has 2 N–H and O–H groups in total. The summed E-state index contributed by atoms with van der Waals surface area (Å²) in [4.78, 5) is 0. The fourth-order valence-electron chi connectivity index (χ4n) is 3.57. The van der Waals surface area contributed by atoms with Crippen LogP contribution in [0.3, 0.4) is 0 Å². The lowest BCUT2D eigenvalue weighted by Gasteiger charge is -2.31. The van der Waals surface area contributed by atoms with E-state index in [1.54, 1.807) is 0 Å². The van der Waals surface area contributed by atoms with E-state index in [-0.39, 0.29) is 0 Å². The van der Waals surface area contributed by atoms with Gasteiger partial charge in [0.2, 0.25) is 0 Å². The van der Waals surface area contributed by atoms with Crippen molar-refractivity contribution in [2.45, 2.75) is 58.4 Å². The Kier molecular flexibility index (Phi) is 3.42. The van der Waals surface area contributed by atoms with E-state index in [9.17, 15) is 5.11 Å². The summed E-state index contributed by atoms with van der Waals surface area (Å²) in [7, 11) is 0. The van der Waals surface area contributed by atoms with Crippen molar-refractivity contribution < 1.29 is 5.11 Å². The zero-order chi connectivity index (χ0) is 13.4. The van der Waals surface area contributed by atoms with Gasteiger partial charge in [-0.3, -0.25) is 0 Å². The van der Waals surface area contributed by atoms with Crippen molar-refractivity contribution in [3.8, 4) is 5.75 Å². The van der Waals surface area contributed by atoms with E-state index in [1.807, 2.05) is 19.9 Å². The van der Waals surface area contributed by atoms with Crippen molar-refractivity contribution >= 4 is 5.69 Å². The fourth-order valence-corrected chi connectivity index (χ4v) is 3.57. The number of hydrogen-bond donors (Lipinski definition) is 2. The molecule has 0 aromatic heterocycles. The number of nitrogens with one attached hydrogen (secondary N) is 1. The molecule has 2 aliphatic rings. The van der Waals surface area contributed by atoms with Crippen LogP contribution in [0.2, 0.25) is 0 Å². The normalized spacial score (nSPS) is 27.3. The number of benzene rings is 1. The lowest BCUT2D eigenvalue weighted by Crippen LogP contribution is -2.28. The Bertz CT molecular complexity index is 465. The Morgan fingerprint density at radius 3 is 2.58 bits per heavy atom. The first-order valence-corrected chi connectivity index (χ1v) is 7.71. The minimum Gasteiger partial charge on any atom is -0.507 e. The van der Waals surface area contributed by atoms with Crippen molar-refractivity contribution in [1.82, 2.24) is 0 Å². The molecule has 2 heteroatoms. The first-order valence-electron chi connectivity index (χ1n) is 7.71. The highest BCUT2D eigenvalue weighted by Gasteiger charge is 2.34. The SMILES string of the molecule is Cc1ccc(NC2CCCC(C3CC3)C2)c(C)c1O. The third kappa shape index (κ3) is 2.72. The molecule has 2 fully saturated rings. The average molecular weight is 259 g/mol. The van der Waals surface area contributed by atoms with Gasteiger partial charge in [-0.25, -0.2) is 0 Å². The van der Waals surface area contributed by atoms with Gasteiger partial charge in [-0.1, -0.05) is 18.9 Å². The van der Waals surface area contributed by atoms with E-state index >= 15 is 0 Å². The van der Waals surface area contributed by atoms with Crippen molar-refractivity contribution in [2.75, 3.05) is 5.32 Å². The van der Waals surface area contributed by atoms with Crippen LogP contribution >= 0.6 is 0 Å². The first kappa shape index (κ1) is 12.8. The van der Waals surface area contributed by atoms with Crippen LogP contribution in [0.1, 0.15) is 49.7 Å². The molecular formula is C17H25NO. The van der Waals surface area contributed by atoms with E-state index in [4.69, 9.17) is 0 Å². The quantitative estimate of drug-likeness (QED) is 0.843. The van der Waals surface area contributed by atoms with Gasteiger partial charge in [-0.05, 0) is 63.0 Å². The summed E-state index contributed by atoms with van der Waals surface area (Å²) in [5.74, 6) is 2.42. The monoisotopic (exact) mass is 259 g/mol. The molecule has 1 aromatic rings. The van der Waals surface area contributed by atoms with Gasteiger partial charge in [0.05, 0.1) is 0 Å². The van der Waals surface area contributed by atoms with Crippen molar-refractivity contribution in [1.29, 1.82) is 0 Å². The maximum absolute atomic E-state index is 10.0. The molecule has 0 amide bonds. The molecule has 0 heterocycles. The summed E-state index contributed by atoms with van der Waals surface area (Å²) in [6.45, 7) is 3.96. The zero-order valence-corrected chi connectivity index (χ0v) is 12.1. The van der Waals surface area contributed by atoms with Crippen molar-refractivity contribution in [3.05, 3.63) is 23.3 Å². The fraction of sp³-hybridized carbons (Fsp3) is 0.647. The molecule has 0 saturated heterocycles. The van der Waals surface area contributed by atoms with E-state index in [1.165, 1.54) is 38.5 Å². The third-order valence-electron chi connectivity index (χ3n) is 5.00. The molecule has 2 nitrogen and oxygen atoms in total. The number of rotatable bonds is 3. The van der Waals surface area contributed by atoms with Gasteiger partial charge >= 0.3 is 0 Å². The van der Waals surface area contributed by atoms with Gasteiger partial charge in [0.15, 0.2) is 0 Å². The Balaban J connectivity index is 1.68. The number of phenolic OH excluding ortho intramolecular Hbond substituents is 1. The second kappa shape index (κ2) is 5.07. The standard InChI is InChI=1S/C17H25NO/c1-11-6-9-16(12(2)17(11)19)18-15-5-3-4-14(10-15)13-7-8-13/h6,9,13-15,18-19H,3-5,7-8,10H2,1-2H3. The molecule has 1 aromatic carbocycles. The number of hydrogen-bond acceptors (Lipinski definition) is 2. The van der Waals surface area contributed by atoms with Gasteiger partial charge < -0.3 is 10.4 Å². The summed E-state index contributed by atoms with van der Waals surface area (Å²) in [6.07, 6.45) is 8.30. The highest BCUT2D eigenvalue weighted by atomic mass is 16.3. The average Bonchev–Trinajstić information content (AvgIpc) is 3.24. The second-order valence-electron chi connectivity index (χ2n) is 6.51. The number of anilines is 1. The van der Waals surface area contributed by atoms with Crippen LogP contribution in [-0.4, -0.2) is 11.1 Å². The van der Waals surface area contributed by atoms with Gasteiger partial charge in [-0.2, -0.15) is 0 Å². The molecular weight excluding hydrogens is 234 g/mol. The molecule has 19 heavy (non-hydrogen) atoms. The van der Waals surface area contributed by atoms with Crippen LogP contribution in [0.25, 0.3) is 0 Å². The minimum atomic E-state index is 0.444. The van der Waals surface area contributed by atoms with Gasteiger partial charge in [0.25, 0.3) is 0 Å². The van der Waals surface area contributed by atoms with E-state index < -0.39 is 0 Å². The predicted molar refractivity (Wildman–Crippen MR) is 79.7 cm³/mol. The number of aromatic hydroxyl groups is 1. The maximum Gasteiger partial charge on any atom is 0.123 e. The molecule has 104 valence electrons. The molecule has 0 bridgehead atoms. The molecule has 0 radical (unpaired) electrons. The van der Waals surface area contributed by atoms with Crippen LogP contribution in [0, 0.1) is 25.7 Å². The van der Waals surface area contributed by atoms with Gasteiger partial charge in [0.1, 0.15) is 5.75 Å². The molecule has 0 aliphatic heterocycles. The smallest absolute Gasteiger partial charge is 0.123 e. The summed E-state index contributed by atoms with van der Waals surface area (Å²) in [5.41, 5.74) is 3.07. The molecule has 3 rings (SSSR count). The lowest BCUT2D eigenvalue weighted by atomic mass is 9.82. The third-order valence-corrected chi connectivity index (χ3v) is 5.00. The van der Waals surface area contributed by atoms with Gasteiger partial charge in [0, 0.05) is 17.3 Å².